The summed E-state index contributed by atoms with van der Waals surface area (Å²) >= 11 is 0. The molecule has 0 aliphatic heterocycles. The van der Waals surface area contributed by atoms with E-state index in [9.17, 15) is 5.11 Å². The first-order valence-corrected chi connectivity index (χ1v) is 6.59. The molecule has 0 unspecified atom stereocenters. The Hall–Kier alpha value is -2.49. The van der Waals surface area contributed by atoms with Crippen LogP contribution in [0.5, 0.6) is 5.75 Å². The molecule has 2 aromatic carbocycles. The average molecular weight is 269 g/mol. The van der Waals surface area contributed by atoms with Gasteiger partial charge in [0.1, 0.15) is 5.75 Å². The summed E-state index contributed by atoms with van der Waals surface area (Å²) in [6.45, 7) is 1.26. The smallest absolute Gasteiger partial charge is 0.188 e. The number of nitrogens with zero attached hydrogens (tertiary/aromatic N) is 1. The zero-order valence-electron chi connectivity index (χ0n) is 11.3. The highest BCUT2D eigenvalue weighted by atomic mass is 16.3. The zero-order chi connectivity index (χ0) is 14.2. The molecule has 0 atom stereocenters. The third kappa shape index (κ3) is 4.65. The predicted molar refractivity (Wildman–Crippen MR) is 81.6 cm³/mol. The van der Waals surface area contributed by atoms with Gasteiger partial charge in [0.05, 0.1) is 6.54 Å². The van der Waals surface area contributed by atoms with Gasteiger partial charge >= 0.3 is 0 Å². The summed E-state index contributed by atoms with van der Waals surface area (Å²) < 4.78 is 0. The Morgan fingerprint density at radius 2 is 1.70 bits per heavy atom. The van der Waals surface area contributed by atoms with Crippen molar-refractivity contribution >= 4 is 5.96 Å². The van der Waals surface area contributed by atoms with Crippen LogP contribution in [0.4, 0.5) is 0 Å². The van der Waals surface area contributed by atoms with E-state index in [0.717, 1.165) is 18.5 Å². The Bertz CT molecular complexity index is 550. The Labute approximate surface area is 119 Å². The third-order valence-electron chi connectivity index (χ3n) is 2.93. The van der Waals surface area contributed by atoms with E-state index in [0.29, 0.717) is 12.5 Å². The van der Waals surface area contributed by atoms with Crippen LogP contribution in [0.3, 0.4) is 0 Å². The van der Waals surface area contributed by atoms with E-state index in [1.54, 1.807) is 12.1 Å². The Kier molecular flexibility index (Phi) is 5.00. The molecule has 20 heavy (non-hydrogen) atoms. The van der Waals surface area contributed by atoms with Crippen molar-refractivity contribution in [2.45, 2.75) is 13.0 Å². The highest BCUT2D eigenvalue weighted by Crippen LogP contribution is 2.10. The number of aromatic hydroxyl groups is 1. The minimum atomic E-state index is 0.256. The van der Waals surface area contributed by atoms with Crippen molar-refractivity contribution in [3.05, 3.63) is 65.7 Å². The molecule has 0 aliphatic carbocycles. The van der Waals surface area contributed by atoms with E-state index in [1.807, 2.05) is 30.3 Å². The Balaban J connectivity index is 1.75. The maximum absolute atomic E-state index is 9.19. The largest absolute Gasteiger partial charge is 0.508 e. The maximum atomic E-state index is 9.19. The van der Waals surface area contributed by atoms with Gasteiger partial charge in [-0.25, -0.2) is 4.99 Å². The number of phenols is 1. The summed E-state index contributed by atoms with van der Waals surface area (Å²) in [5.41, 5.74) is 8.08. The zero-order valence-corrected chi connectivity index (χ0v) is 11.3. The molecular weight excluding hydrogens is 250 g/mol. The first-order valence-electron chi connectivity index (χ1n) is 6.59. The lowest BCUT2D eigenvalue weighted by molar-refractivity contribution is 0.475. The van der Waals surface area contributed by atoms with Crippen molar-refractivity contribution in [2.75, 3.05) is 6.54 Å². The van der Waals surface area contributed by atoms with E-state index in [2.05, 4.69) is 22.4 Å². The van der Waals surface area contributed by atoms with Crippen molar-refractivity contribution < 1.29 is 5.11 Å². The van der Waals surface area contributed by atoms with Crippen LogP contribution >= 0.6 is 0 Å². The van der Waals surface area contributed by atoms with Crippen LogP contribution in [0.1, 0.15) is 11.1 Å². The number of nitrogens with one attached hydrogen (secondary N) is 1. The van der Waals surface area contributed by atoms with Crippen molar-refractivity contribution in [2.24, 2.45) is 10.7 Å². The number of guanidine groups is 1. The van der Waals surface area contributed by atoms with Gasteiger partial charge in [-0.05, 0) is 29.7 Å². The standard InChI is InChI=1S/C16H19N3O/c17-16(18-11-10-13-4-2-1-3-5-13)19-12-14-6-8-15(20)9-7-14/h1-9,20H,10-12H2,(H3,17,18,19). The predicted octanol–water partition coefficient (Wildman–Crippen LogP) is 2.04. The molecule has 0 bridgehead atoms. The van der Waals surface area contributed by atoms with Gasteiger partial charge in [0, 0.05) is 6.54 Å². The Morgan fingerprint density at radius 3 is 2.40 bits per heavy atom. The molecule has 0 saturated carbocycles. The lowest BCUT2D eigenvalue weighted by atomic mass is 10.1. The second-order valence-electron chi connectivity index (χ2n) is 4.53. The molecule has 0 aromatic heterocycles. The molecule has 0 aliphatic rings. The fourth-order valence-corrected chi connectivity index (χ4v) is 1.81. The van der Waals surface area contributed by atoms with Crippen LogP contribution in [0.25, 0.3) is 0 Å². The number of nitrogens with two attached hydrogens (primary N) is 1. The number of aliphatic imine (C=N–C) groups is 1. The van der Waals surface area contributed by atoms with Gasteiger partial charge in [-0.1, -0.05) is 42.5 Å². The molecule has 4 N–H and O–H groups in total. The molecule has 4 heteroatoms. The third-order valence-corrected chi connectivity index (χ3v) is 2.93. The number of hydrogen-bond acceptors (Lipinski definition) is 2. The maximum Gasteiger partial charge on any atom is 0.188 e. The fourth-order valence-electron chi connectivity index (χ4n) is 1.81. The van der Waals surface area contributed by atoms with Crippen LogP contribution in [0.2, 0.25) is 0 Å². The lowest BCUT2D eigenvalue weighted by Crippen LogP contribution is -2.33. The van der Waals surface area contributed by atoms with Crippen LogP contribution in [-0.4, -0.2) is 17.6 Å². The molecule has 2 aromatic rings. The summed E-state index contributed by atoms with van der Waals surface area (Å²) in [7, 11) is 0. The van der Waals surface area contributed by atoms with Crippen LogP contribution < -0.4 is 11.1 Å². The summed E-state index contributed by atoms with van der Waals surface area (Å²) in [5, 5.41) is 12.3. The van der Waals surface area contributed by atoms with E-state index >= 15 is 0 Å². The molecular formula is C16H19N3O. The second kappa shape index (κ2) is 7.19. The molecule has 0 saturated heterocycles. The molecule has 0 radical (unpaired) electrons. The molecule has 0 fully saturated rings. The highest BCUT2D eigenvalue weighted by Gasteiger charge is 1.95. The number of rotatable bonds is 5. The normalized spacial score (nSPS) is 11.3. The van der Waals surface area contributed by atoms with Gasteiger partial charge in [-0.2, -0.15) is 0 Å². The fraction of sp³-hybridized carbons (Fsp3) is 0.188. The van der Waals surface area contributed by atoms with E-state index in [1.165, 1.54) is 5.56 Å². The minimum Gasteiger partial charge on any atom is -0.508 e. The van der Waals surface area contributed by atoms with E-state index in [-0.39, 0.29) is 5.75 Å². The average Bonchev–Trinajstić information content (AvgIpc) is 2.48. The first-order chi connectivity index (χ1) is 9.74. The van der Waals surface area contributed by atoms with Gasteiger partial charge in [0.2, 0.25) is 0 Å². The van der Waals surface area contributed by atoms with Crippen LogP contribution in [-0.2, 0) is 13.0 Å². The first kappa shape index (κ1) is 13.9. The molecule has 104 valence electrons. The summed E-state index contributed by atoms with van der Waals surface area (Å²) in [6, 6.07) is 17.2. The minimum absolute atomic E-state index is 0.256. The number of benzene rings is 2. The quantitative estimate of drug-likeness (QED) is 0.574. The second-order valence-corrected chi connectivity index (χ2v) is 4.53. The van der Waals surface area contributed by atoms with Gasteiger partial charge < -0.3 is 16.2 Å². The van der Waals surface area contributed by atoms with Gasteiger partial charge in [0.25, 0.3) is 0 Å². The van der Waals surface area contributed by atoms with Crippen molar-refractivity contribution in [3.8, 4) is 5.75 Å². The molecule has 0 heterocycles. The summed E-state index contributed by atoms with van der Waals surface area (Å²) in [6.07, 6.45) is 0.913. The lowest BCUT2D eigenvalue weighted by Gasteiger charge is -2.06. The monoisotopic (exact) mass is 269 g/mol. The highest BCUT2D eigenvalue weighted by molar-refractivity contribution is 5.77. The van der Waals surface area contributed by atoms with Crippen LogP contribution in [0.15, 0.2) is 59.6 Å². The van der Waals surface area contributed by atoms with Crippen LogP contribution in [0, 0.1) is 0 Å². The molecule has 0 spiro atoms. The van der Waals surface area contributed by atoms with Crippen molar-refractivity contribution in [1.29, 1.82) is 0 Å². The van der Waals surface area contributed by atoms with Gasteiger partial charge in [0.15, 0.2) is 5.96 Å². The van der Waals surface area contributed by atoms with E-state index < -0.39 is 0 Å². The SMILES string of the molecule is NC(=NCc1ccc(O)cc1)NCCc1ccccc1. The molecule has 2 rings (SSSR count). The summed E-state index contributed by atoms with van der Waals surface area (Å²) in [5.74, 6) is 0.695. The molecule has 0 amide bonds. The van der Waals surface area contributed by atoms with Gasteiger partial charge in [-0.15, -0.1) is 0 Å². The van der Waals surface area contributed by atoms with Gasteiger partial charge in [-0.3, -0.25) is 0 Å². The molecule has 4 nitrogen and oxygen atoms in total. The number of hydrogen-bond donors (Lipinski definition) is 3. The number of phenolic OH excluding ortho intramolecular Hbond substituents is 1. The van der Waals surface area contributed by atoms with Crippen molar-refractivity contribution in [1.82, 2.24) is 5.32 Å². The van der Waals surface area contributed by atoms with Crippen molar-refractivity contribution in [3.63, 3.8) is 0 Å². The topological polar surface area (TPSA) is 70.6 Å². The summed E-state index contributed by atoms with van der Waals surface area (Å²) in [4.78, 5) is 4.26. The Morgan fingerprint density at radius 1 is 1.00 bits per heavy atom. The van der Waals surface area contributed by atoms with E-state index in [4.69, 9.17) is 5.73 Å².